The van der Waals surface area contributed by atoms with Gasteiger partial charge < -0.3 is 5.73 Å². The molecule has 0 amide bonds. The summed E-state index contributed by atoms with van der Waals surface area (Å²) in [5.74, 6) is 0. The van der Waals surface area contributed by atoms with Gasteiger partial charge in [-0.15, -0.1) is 11.3 Å². The standard InChI is InChI=1S/C11H15NS/c1-4-6-9-7-8(3)13-11(9)10(12)5-2/h4-7H,12H2,1-3H3/b6-4-,10-5?. The number of hydrogen-bond acceptors (Lipinski definition) is 2. The van der Waals surface area contributed by atoms with Gasteiger partial charge in [0.1, 0.15) is 0 Å². The Kier molecular flexibility index (Phi) is 3.32. The quantitative estimate of drug-likeness (QED) is 0.765. The van der Waals surface area contributed by atoms with E-state index in [1.54, 1.807) is 11.3 Å². The van der Waals surface area contributed by atoms with Gasteiger partial charge in [0.15, 0.2) is 0 Å². The number of rotatable bonds is 2. The Hall–Kier alpha value is -1.02. The molecule has 0 atom stereocenters. The lowest BCUT2D eigenvalue weighted by molar-refractivity contribution is 1.54. The summed E-state index contributed by atoms with van der Waals surface area (Å²) < 4.78 is 0. The molecule has 2 N–H and O–H groups in total. The summed E-state index contributed by atoms with van der Waals surface area (Å²) in [4.78, 5) is 2.48. The molecule has 1 heterocycles. The Labute approximate surface area is 83.6 Å². The Morgan fingerprint density at radius 2 is 2.15 bits per heavy atom. The van der Waals surface area contributed by atoms with E-state index in [-0.39, 0.29) is 0 Å². The molecule has 1 rings (SSSR count). The van der Waals surface area contributed by atoms with Crippen LogP contribution < -0.4 is 5.73 Å². The first-order valence-electron chi connectivity index (χ1n) is 4.34. The molecule has 0 aromatic carbocycles. The Bertz CT molecular complexity index is 345. The van der Waals surface area contributed by atoms with Gasteiger partial charge in [0.05, 0.1) is 4.88 Å². The van der Waals surface area contributed by atoms with Gasteiger partial charge in [-0.05, 0) is 32.4 Å². The first-order valence-corrected chi connectivity index (χ1v) is 5.16. The lowest BCUT2D eigenvalue weighted by Crippen LogP contribution is -1.93. The van der Waals surface area contributed by atoms with Crippen LogP contribution in [0.4, 0.5) is 0 Å². The van der Waals surface area contributed by atoms with E-state index in [1.165, 1.54) is 15.3 Å². The molecular formula is C11H15NS. The molecule has 0 spiro atoms. The van der Waals surface area contributed by atoms with E-state index < -0.39 is 0 Å². The molecule has 0 radical (unpaired) electrons. The zero-order valence-electron chi connectivity index (χ0n) is 8.29. The maximum Gasteiger partial charge on any atom is 0.0571 e. The van der Waals surface area contributed by atoms with E-state index >= 15 is 0 Å². The van der Waals surface area contributed by atoms with E-state index in [0.717, 1.165) is 5.70 Å². The van der Waals surface area contributed by atoms with Crippen LogP contribution in [0.1, 0.15) is 29.2 Å². The minimum absolute atomic E-state index is 0.867. The van der Waals surface area contributed by atoms with Crippen molar-refractivity contribution in [1.29, 1.82) is 0 Å². The highest BCUT2D eigenvalue weighted by atomic mass is 32.1. The number of thiophene rings is 1. The SMILES string of the molecule is CC=C(N)c1sc(C)cc1/C=C\C. The zero-order valence-corrected chi connectivity index (χ0v) is 9.11. The first kappa shape index (κ1) is 10.1. The molecule has 0 bridgehead atoms. The fraction of sp³-hybridized carbons (Fsp3) is 0.273. The predicted octanol–water partition coefficient (Wildman–Crippen LogP) is 3.41. The lowest BCUT2D eigenvalue weighted by atomic mass is 10.2. The van der Waals surface area contributed by atoms with Crippen LogP contribution >= 0.6 is 11.3 Å². The van der Waals surface area contributed by atoms with Crippen molar-refractivity contribution in [2.45, 2.75) is 20.8 Å². The van der Waals surface area contributed by atoms with Crippen LogP contribution in [-0.2, 0) is 0 Å². The summed E-state index contributed by atoms with van der Waals surface area (Å²) in [6, 6.07) is 2.16. The van der Waals surface area contributed by atoms with Crippen molar-refractivity contribution in [3.05, 3.63) is 33.5 Å². The molecule has 70 valence electrons. The minimum atomic E-state index is 0.867. The molecule has 2 heteroatoms. The van der Waals surface area contributed by atoms with E-state index in [1.807, 2.05) is 26.0 Å². The molecule has 0 aliphatic carbocycles. The van der Waals surface area contributed by atoms with Crippen LogP contribution in [0.15, 0.2) is 18.2 Å². The average molecular weight is 193 g/mol. The summed E-state index contributed by atoms with van der Waals surface area (Å²) in [7, 11) is 0. The molecule has 1 nitrogen and oxygen atoms in total. The van der Waals surface area contributed by atoms with Crippen molar-refractivity contribution in [3.63, 3.8) is 0 Å². The molecule has 0 saturated carbocycles. The maximum absolute atomic E-state index is 5.88. The van der Waals surface area contributed by atoms with Gasteiger partial charge >= 0.3 is 0 Å². The molecule has 0 unspecified atom stereocenters. The van der Waals surface area contributed by atoms with Crippen LogP contribution in [0.2, 0.25) is 0 Å². The van der Waals surface area contributed by atoms with Gasteiger partial charge in [-0.3, -0.25) is 0 Å². The first-order chi connectivity index (χ1) is 6.19. The van der Waals surface area contributed by atoms with Crippen LogP contribution in [0.3, 0.4) is 0 Å². The molecule has 1 aromatic rings. The molecule has 0 saturated heterocycles. The average Bonchev–Trinajstić information content (AvgIpc) is 2.46. The number of hydrogen-bond donors (Lipinski definition) is 1. The molecule has 0 aliphatic heterocycles. The monoisotopic (exact) mass is 193 g/mol. The van der Waals surface area contributed by atoms with Gasteiger partial charge in [-0.2, -0.15) is 0 Å². The van der Waals surface area contributed by atoms with Crippen LogP contribution in [-0.4, -0.2) is 0 Å². The van der Waals surface area contributed by atoms with Gasteiger partial charge in [0, 0.05) is 10.6 Å². The summed E-state index contributed by atoms with van der Waals surface area (Å²) in [5, 5.41) is 0. The van der Waals surface area contributed by atoms with Crippen molar-refractivity contribution >= 4 is 23.1 Å². The highest BCUT2D eigenvalue weighted by molar-refractivity contribution is 7.13. The van der Waals surface area contributed by atoms with Gasteiger partial charge in [-0.25, -0.2) is 0 Å². The number of aryl methyl sites for hydroxylation is 1. The fourth-order valence-corrected chi connectivity index (χ4v) is 2.18. The molecule has 0 fully saturated rings. The molecule has 1 aromatic heterocycles. The lowest BCUT2D eigenvalue weighted by Gasteiger charge is -1.97. The second kappa shape index (κ2) is 4.28. The third-order valence-electron chi connectivity index (χ3n) is 1.80. The fourth-order valence-electron chi connectivity index (χ4n) is 1.19. The third kappa shape index (κ3) is 2.22. The Morgan fingerprint density at radius 3 is 2.69 bits per heavy atom. The Morgan fingerprint density at radius 1 is 1.46 bits per heavy atom. The van der Waals surface area contributed by atoms with Crippen LogP contribution in [0.25, 0.3) is 11.8 Å². The van der Waals surface area contributed by atoms with Crippen LogP contribution in [0.5, 0.6) is 0 Å². The largest absolute Gasteiger partial charge is 0.398 e. The summed E-state index contributed by atoms with van der Waals surface area (Å²) in [6.07, 6.45) is 6.07. The van der Waals surface area contributed by atoms with Crippen molar-refractivity contribution in [2.75, 3.05) is 0 Å². The van der Waals surface area contributed by atoms with E-state index in [9.17, 15) is 0 Å². The summed E-state index contributed by atoms with van der Waals surface area (Å²) >= 11 is 1.74. The highest BCUT2D eigenvalue weighted by Crippen LogP contribution is 2.27. The van der Waals surface area contributed by atoms with Gasteiger partial charge in [0.2, 0.25) is 0 Å². The normalized spacial score (nSPS) is 12.7. The van der Waals surface area contributed by atoms with Crippen molar-refractivity contribution in [3.8, 4) is 0 Å². The smallest absolute Gasteiger partial charge is 0.0571 e. The zero-order chi connectivity index (χ0) is 9.84. The van der Waals surface area contributed by atoms with Gasteiger partial charge in [0.25, 0.3) is 0 Å². The van der Waals surface area contributed by atoms with Gasteiger partial charge in [-0.1, -0.05) is 18.2 Å². The topological polar surface area (TPSA) is 26.0 Å². The molecule has 13 heavy (non-hydrogen) atoms. The second-order valence-electron chi connectivity index (χ2n) is 2.89. The second-order valence-corrected chi connectivity index (χ2v) is 4.14. The molecule has 0 aliphatic rings. The van der Waals surface area contributed by atoms with Crippen molar-refractivity contribution in [1.82, 2.24) is 0 Å². The van der Waals surface area contributed by atoms with E-state index in [0.29, 0.717) is 0 Å². The minimum Gasteiger partial charge on any atom is -0.398 e. The van der Waals surface area contributed by atoms with Crippen LogP contribution in [0, 0.1) is 6.92 Å². The van der Waals surface area contributed by atoms with Crippen molar-refractivity contribution in [2.24, 2.45) is 5.73 Å². The third-order valence-corrected chi connectivity index (χ3v) is 2.92. The maximum atomic E-state index is 5.88. The summed E-state index contributed by atoms with van der Waals surface area (Å²) in [5.41, 5.74) is 7.97. The highest BCUT2D eigenvalue weighted by Gasteiger charge is 2.05. The summed E-state index contributed by atoms with van der Waals surface area (Å²) in [6.45, 7) is 6.08. The predicted molar refractivity (Wildman–Crippen MR) is 61.6 cm³/mol. The number of allylic oxidation sites excluding steroid dienone is 2. The number of nitrogens with two attached hydrogens (primary N) is 1. The van der Waals surface area contributed by atoms with Crippen molar-refractivity contribution < 1.29 is 0 Å². The van der Waals surface area contributed by atoms with E-state index in [2.05, 4.69) is 19.1 Å². The molecular weight excluding hydrogens is 178 g/mol. The van der Waals surface area contributed by atoms with E-state index in [4.69, 9.17) is 5.73 Å². The Balaban J connectivity index is 3.19.